The normalized spacial score (nSPS) is 11.3. The SMILES string of the molecule is CC(C)c1c(C(=O)NC(c2ccccc2)c2ccccc2)cnc2cc(-c3ccccc3)nn12. The number of carbonyl (C=O) groups is 1. The molecule has 5 nitrogen and oxygen atoms in total. The third kappa shape index (κ3) is 4.20. The largest absolute Gasteiger partial charge is 0.341 e. The lowest BCUT2D eigenvalue weighted by Crippen LogP contribution is -2.31. The molecule has 2 heterocycles. The van der Waals surface area contributed by atoms with Gasteiger partial charge < -0.3 is 5.32 Å². The molecule has 5 heteroatoms. The average Bonchev–Trinajstić information content (AvgIpc) is 3.32. The molecule has 0 aliphatic rings. The maximum absolute atomic E-state index is 13.7. The number of fused-ring (bicyclic) bond motifs is 1. The highest BCUT2D eigenvalue weighted by atomic mass is 16.1. The van der Waals surface area contributed by atoms with E-state index in [1.807, 2.05) is 102 Å². The molecule has 0 unspecified atom stereocenters. The maximum Gasteiger partial charge on any atom is 0.255 e. The first-order chi connectivity index (χ1) is 16.6. The van der Waals surface area contributed by atoms with Crippen molar-refractivity contribution >= 4 is 11.6 Å². The fourth-order valence-corrected chi connectivity index (χ4v) is 4.29. The average molecular weight is 447 g/mol. The van der Waals surface area contributed by atoms with Crippen molar-refractivity contribution in [3.8, 4) is 11.3 Å². The zero-order chi connectivity index (χ0) is 23.5. The van der Waals surface area contributed by atoms with Gasteiger partial charge in [-0.2, -0.15) is 5.10 Å². The van der Waals surface area contributed by atoms with Gasteiger partial charge in [0.25, 0.3) is 5.91 Å². The number of nitrogens with zero attached hydrogens (tertiary/aromatic N) is 3. The molecule has 34 heavy (non-hydrogen) atoms. The summed E-state index contributed by atoms with van der Waals surface area (Å²) in [7, 11) is 0. The lowest BCUT2D eigenvalue weighted by atomic mass is 9.97. The van der Waals surface area contributed by atoms with Crippen LogP contribution in [0.15, 0.2) is 103 Å². The third-order valence-electron chi connectivity index (χ3n) is 5.92. The number of carbonyl (C=O) groups excluding carboxylic acids is 1. The summed E-state index contributed by atoms with van der Waals surface area (Å²) in [5, 5.41) is 8.06. The van der Waals surface area contributed by atoms with Gasteiger partial charge in [-0.15, -0.1) is 0 Å². The Morgan fingerprint density at radius 2 is 1.38 bits per heavy atom. The van der Waals surface area contributed by atoms with Crippen molar-refractivity contribution in [1.82, 2.24) is 19.9 Å². The second-order valence-corrected chi connectivity index (χ2v) is 8.61. The third-order valence-corrected chi connectivity index (χ3v) is 5.92. The van der Waals surface area contributed by atoms with Gasteiger partial charge in [0.15, 0.2) is 5.65 Å². The van der Waals surface area contributed by atoms with Crippen molar-refractivity contribution < 1.29 is 4.79 Å². The molecule has 5 aromatic rings. The molecule has 0 aliphatic heterocycles. The Bertz CT molecular complexity index is 1370. The van der Waals surface area contributed by atoms with Crippen LogP contribution in [0.2, 0.25) is 0 Å². The minimum absolute atomic E-state index is 0.0710. The van der Waals surface area contributed by atoms with E-state index >= 15 is 0 Å². The van der Waals surface area contributed by atoms with Crippen LogP contribution in [-0.2, 0) is 0 Å². The Morgan fingerprint density at radius 1 is 0.824 bits per heavy atom. The smallest absolute Gasteiger partial charge is 0.255 e. The fraction of sp³-hybridized carbons (Fsp3) is 0.138. The van der Waals surface area contributed by atoms with Crippen LogP contribution in [0.1, 0.15) is 53.0 Å². The molecule has 0 atom stereocenters. The summed E-state index contributed by atoms with van der Waals surface area (Å²) in [6.07, 6.45) is 1.67. The number of hydrogen-bond donors (Lipinski definition) is 1. The molecule has 0 radical (unpaired) electrons. The minimum Gasteiger partial charge on any atom is -0.341 e. The molecule has 2 aromatic heterocycles. The van der Waals surface area contributed by atoms with Crippen molar-refractivity contribution in [2.24, 2.45) is 0 Å². The predicted molar refractivity (Wildman–Crippen MR) is 135 cm³/mol. The van der Waals surface area contributed by atoms with Gasteiger partial charge in [-0.25, -0.2) is 9.50 Å². The van der Waals surface area contributed by atoms with Crippen LogP contribution in [0.25, 0.3) is 16.9 Å². The maximum atomic E-state index is 13.7. The summed E-state index contributed by atoms with van der Waals surface area (Å²) in [5.74, 6) is -0.103. The van der Waals surface area contributed by atoms with Crippen molar-refractivity contribution in [1.29, 1.82) is 0 Å². The topological polar surface area (TPSA) is 59.3 Å². The van der Waals surface area contributed by atoms with Crippen LogP contribution in [0, 0.1) is 0 Å². The molecule has 0 aliphatic carbocycles. The number of nitrogens with one attached hydrogen (secondary N) is 1. The van der Waals surface area contributed by atoms with E-state index in [1.165, 1.54) is 0 Å². The summed E-state index contributed by atoms with van der Waals surface area (Å²) in [6, 6.07) is 31.7. The van der Waals surface area contributed by atoms with E-state index in [-0.39, 0.29) is 17.9 Å². The zero-order valence-corrected chi connectivity index (χ0v) is 19.2. The zero-order valence-electron chi connectivity index (χ0n) is 19.2. The van der Waals surface area contributed by atoms with E-state index in [4.69, 9.17) is 5.10 Å². The van der Waals surface area contributed by atoms with Gasteiger partial charge in [-0.05, 0) is 17.0 Å². The fourth-order valence-electron chi connectivity index (χ4n) is 4.29. The summed E-state index contributed by atoms with van der Waals surface area (Å²) >= 11 is 0. The quantitative estimate of drug-likeness (QED) is 0.346. The minimum atomic E-state index is -0.275. The molecule has 0 bridgehead atoms. The second kappa shape index (κ2) is 9.32. The molecular weight excluding hydrogens is 420 g/mol. The Morgan fingerprint density at radius 3 is 1.94 bits per heavy atom. The molecule has 0 saturated heterocycles. The highest BCUT2D eigenvalue weighted by Gasteiger charge is 2.23. The van der Waals surface area contributed by atoms with Gasteiger partial charge >= 0.3 is 0 Å². The van der Waals surface area contributed by atoms with Crippen LogP contribution in [0.4, 0.5) is 0 Å². The summed E-state index contributed by atoms with van der Waals surface area (Å²) in [6.45, 7) is 4.14. The molecule has 1 N–H and O–H groups in total. The summed E-state index contributed by atoms with van der Waals surface area (Å²) in [4.78, 5) is 18.2. The first-order valence-corrected chi connectivity index (χ1v) is 11.5. The lowest BCUT2D eigenvalue weighted by molar-refractivity contribution is 0.0940. The van der Waals surface area contributed by atoms with Crippen LogP contribution >= 0.6 is 0 Å². The lowest BCUT2D eigenvalue weighted by Gasteiger charge is -2.21. The van der Waals surface area contributed by atoms with E-state index in [1.54, 1.807) is 6.20 Å². The Kier molecular flexibility index (Phi) is 5.91. The highest BCUT2D eigenvalue weighted by molar-refractivity contribution is 5.96. The number of benzene rings is 3. The molecule has 0 spiro atoms. The molecular formula is C29H26N4O. The van der Waals surface area contributed by atoms with Crippen molar-refractivity contribution in [2.45, 2.75) is 25.8 Å². The first-order valence-electron chi connectivity index (χ1n) is 11.5. The summed E-state index contributed by atoms with van der Waals surface area (Å²) in [5.41, 5.74) is 5.98. The molecule has 168 valence electrons. The van der Waals surface area contributed by atoms with Crippen LogP contribution in [-0.4, -0.2) is 20.5 Å². The molecule has 0 fully saturated rings. The van der Waals surface area contributed by atoms with Gasteiger partial charge in [0.2, 0.25) is 0 Å². The standard InChI is InChI=1S/C29H26N4O/c1-20(2)28-24(19-30-26-18-25(32-33(26)28)21-12-6-3-7-13-21)29(34)31-27(22-14-8-4-9-15-22)23-16-10-5-11-17-23/h3-20,27H,1-2H3,(H,31,34). The predicted octanol–water partition coefficient (Wildman–Crippen LogP) is 6.04. The molecule has 1 amide bonds. The van der Waals surface area contributed by atoms with Crippen LogP contribution in [0.5, 0.6) is 0 Å². The van der Waals surface area contributed by atoms with E-state index in [2.05, 4.69) is 24.1 Å². The number of hydrogen-bond acceptors (Lipinski definition) is 3. The Hall–Kier alpha value is -4.25. The second-order valence-electron chi connectivity index (χ2n) is 8.61. The van der Waals surface area contributed by atoms with Gasteiger partial charge in [0.1, 0.15) is 0 Å². The van der Waals surface area contributed by atoms with Gasteiger partial charge in [-0.3, -0.25) is 4.79 Å². The van der Waals surface area contributed by atoms with Gasteiger partial charge in [0, 0.05) is 17.8 Å². The van der Waals surface area contributed by atoms with Crippen molar-refractivity contribution in [3.05, 3.63) is 126 Å². The molecule has 0 saturated carbocycles. The van der Waals surface area contributed by atoms with Crippen LogP contribution in [0.3, 0.4) is 0 Å². The Balaban J connectivity index is 1.56. The first kappa shape index (κ1) is 21.6. The van der Waals surface area contributed by atoms with E-state index in [0.29, 0.717) is 5.56 Å². The summed E-state index contributed by atoms with van der Waals surface area (Å²) < 4.78 is 1.81. The molecule has 3 aromatic carbocycles. The Labute approximate surface area is 199 Å². The number of amides is 1. The van der Waals surface area contributed by atoms with E-state index in [9.17, 15) is 4.79 Å². The van der Waals surface area contributed by atoms with E-state index in [0.717, 1.165) is 33.7 Å². The molecule has 5 rings (SSSR count). The van der Waals surface area contributed by atoms with Gasteiger partial charge in [0.05, 0.1) is 23.0 Å². The van der Waals surface area contributed by atoms with Crippen molar-refractivity contribution in [3.63, 3.8) is 0 Å². The number of rotatable bonds is 6. The highest BCUT2D eigenvalue weighted by Crippen LogP contribution is 2.27. The van der Waals surface area contributed by atoms with E-state index < -0.39 is 0 Å². The van der Waals surface area contributed by atoms with Gasteiger partial charge in [-0.1, -0.05) is 105 Å². The van der Waals surface area contributed by atoms with Crippen molar-refractivity contribution in [2.75, 3.05) is 0 Å². The monoisotopic (exact) mass is 446 g/mol. The van der Waals surface area contributed by atoms with Crippen LogP contribution < -0.4 is 5.32 Å². The number of aromatic nitrogens is 3.